The first-order valence-corrected chi connectivity index (χ1v) is 10.9. The van der Waals surface area contributed by atoms with Gasteiger partial charge < -0.3 is 9.84 Å². The molecule has 2 aromatic rings. The fourth-order valence-corrected chi connectivity index (χ4v) is 3.56. The summed E-state index contributed by atoms with van der Waals surface area (Å²) in [7, 11) is -4.44. The number of benzene rings is 2. The summed E-state index contributed by atoms with van der Waals surface area (Å²) < 4.78 is 37.9. The van der Waals surface area contributed by atoms with Crippen molar-refractivity contribution in [3.05, 3.63) is 48.0 Å². The largest absolute Gasteiger partial charge is 0.508 e. The van der Waals surface area contributed by atoms with Crippen molar-refractivity contribution in [2.75, 3.05) is 0 Å². The quantitative estimate of drug-likeness (QED) is 0.377. The predicted molar refractivity (Wildman–Crippen MR) is 106 cm³/mol. The van der Waals surface area contributed by atoms with E-state index in [0.717, 1.165) is 24.5 Å². The summed E-state index contributed by atoms with van der Waals surface area (Å²) in [5.74, 6) is 0.216. The minimum Gasteiger partial charge on any atom is -0.508 e. The van der Waals surface area contributed by atoms with Gasteiger partial charge in [0, 0.05) is 6.07 Å². The lowest BCUT2D eigenvalue weighted by Gasteiger charge is -2.11. The molecule has 0 saturated heterocycles. The van der Waals surface area contributed by atoms with Gasteiger partial charge in [-0.25, -0.2) is 0 Å². The molecule has 0 amide bonds. The number of aryl methyl sites for hydroxylation is 1. The van der Waals surface area contributed by atoms with Crippen LogP contribution in [0, 0.1) is 0 Å². The van der Waals surface area contributed by atoms with Gasteiger partial charge >= 0.3 is 0 Å². The molecule has 0 heterocycles. The van der Waals surface area contributed by atoms with Gasteiger partial charge in [-0.1, -0.05) is 57.6 Å². The second-order valence-electron chi connectivity index (χ2n) is 6.73. The highest BCUT2D eigenvalue weighted by molar-refractivity contribution is 7.86. The number of hydrogen-bond donors (Lipinski definition) is 2. The van der Waals surface area contributed by atoms with Gasteiger partial charge in [0.05, 0.1) is 0 Å². The number of aromatic hydroxyl groups is 1. The highest BCUT2D eigenvalue weighted by atomic mass is 32.2. The smallest absolute Gasteiger partial charge is 0.298 e. The number of ether oxygens (including phenoxy) is 1. The Kier molecular flexibility index (Phi) is 8.13. The Balaban J connectivity index is 1.97. The Morgan fingerprint density at radius 3 is 2.33 bits per heavy atom. The minimum absolute atomic E-state index is 0.106. The van der Waals surface area contributed by atoms with Crippen molar-refractivity contribution < 1.29 is 22.8 Å². The molecule has 0 aromatic heterocycles. The molecule has 0 aliphatic heterocycles. The highest BCUT2D eigenvalue weighted by Gasteiger charge is 2.18. The lowest BCUT2D eigenvalue weighted by Crippen LogP contribution is -2.01. The average molecular weight is 393 g/mol. The van der Waals surface area contributed by atoms with E-state index in [0.29, 0.717) is 5.75 Å². The van der Waals surface area contributed by atoms with Crippen LogP contribution >= 0.6 is 0 Å². The van der Waals surface area contributed by atoms with Crippen molar-refractivity contribution in [2.24, 2.45) is 0 Å². The van der Waals surface area contributed by atoms with E-state index >= 15 is 0 Å². The fraction of sp³-hybridized carbons (Fsp3) is 0.429. The van der Waals surface area contributed by atoms with Gasteiger partial charge in [-0.3, -0.25) is 4.55 Å². The maximum atomic E-state index is 11.5. The molecule has 2 rings (SSSR count). The Morgan fingerprint density at radius 2 is 1.63 bits per heavy atom. The lowest BCUT2D eigenvalue weighted by molar-refractivity contribution is 0.437. The van der Waals surface area contributed by atoms with Gasteiger partial charge in [-0.2, -0.15) is 8.42 Å². The van der Waals surface area contributed by atoms with E-state index in [9.17, 15) is 18.1 Å². The van der Waals surface area contributed by atoms with Gasteiger partial charge in [-0.15, -0.1) is 0 Å². The van der Waals surface area contributed by atoms with Crippen molar-refractivity contribution in [3.63, 3.8) is 0 Å². The molecular weight excluding hydrogens is 364 g/mol. The van der Waals surface area contributed by atoms with Crippen LogP contribution in [0.3, 0.4) is 0 Å². The van der Waals surface area contributed by atoms with Crippen molar-refractivity contribution in [3.8, 4) is 17.2 Å². The Labute approximate surface area is 161 Å². The molecule has 2 N–H and O–H groups in total. The van der Waals surface area contributed by atoms with Gasteiger partial charge in [0.1, 0.15) is 16.4 Å². The third-order valence-corrected chi connectivity index (χ3v) is 5.29. The zero-order valence-corrected chi connectivity index (χ0v) is 16.5. The van der Waals surface area contributed by atoms with Crippen LogP contribution in [0.5, 0.6) is 17.2 Å². The number of unbranched alkanes of at least 4 members (excludes halogenated alkanes) is 6. The zero-order valence-electron chi connectivity index (χ0n) is 15.7. The highest BCUT2D eigenvalue weighted by Crippen LogP contribution is 2.32. The zero-order chi connectivity index (χ0) is 19.7. The van der Waals surface area contributed by atoms with Gasteiger partial charge in [-0.05, 0) is 42.7 Å². The molecule has 0 aliphatic rings. The van der Waals surface area contributed by atoms with Crippen molar-refractivity contribution in [2.45, 2.75) is 63.2 Å². The van der Waals surface area contributed by atoms with Crippen LogP contribution in [-0.4, -0.2) is 18.1 Å². The van der Waals surface area contributed by atoms with Gasteiger partial charge in [0.2, 0.25) is 0 Å². The maximum Gasteiger partial charge on any atom is 0.298 e. The third kappa shape index (κ3) is 7.23. The molecule has 0 saturated carbocycles. The third-order valence-electron chi connectivity index (χ3n) is 4.40. The topological polar surface area (TPSA) is 83.8 Å². The van der Waals surface area contributed by atoms with Crippen LogP contribution in [0.4, 0.5) is 0 Å². The van der Waals surface area contributed by atoms with Crippen molar-refractivity contribution in [1.29, 1.82) is 0 Å². The lowest BCUT2D eigenvalue weighted by atomic mass is 10.0. The fourth-order valence-electron chi connectivity index (χ4n) is 2.97. The van der Waals surface area contributed by atoms with Crippen LogP contribution in [0.2, 0.25) is 0 Å². The van der Waals surface area contributed by atoms with E-state index in [4.69, 9.17) is 4.74 Å². The van der Waals surface area contributed by atoms with E-state index in [2.05, 4.69) is 6.92 Å². The Bertz CT molecular complexity index is 830. The molecule has 5 nitrogen and oxygen atoms in total. The average Bonchev–Trinajstić information content (AvgIpc) is 2.60. The molecule has 2 aromatic carbocycles. The molecule has 148 valence electrons. The number of hydrogen-bond acceptors (Lipinski definition) is 4. The van der Waals surface area contributed by atoms with Crippen molar-refractivity contribution >= 4 is 10.1 Å². The van der Waals surface area contributed by atoms with E-state index in [1.165, 1.54) is 50.7 Å². The summed E-state index contributed by atoms with van der Waals surface area (Å²) in [6, 6.07) is 10.9. The summed E-state index contributed by atoms with van der Waals surface area (Å²) in [6.45, 7) is 2.21. The van der Waals surface area contributed by atoms with E-state index in [1.54, 1.807) is 6.07 Å². The standard InChI is InChI=1S/C21H28O5S/c1-2-3-4-5-6-7-8-10-17-11-9-12-19(15-17)26-20-16-18(22)13-14-21(20)27(23,24)25/h9,11-16,22H,2-8,10H2,1H3,(H,23,24,25). The number of phenols is 1. The molecule has 0 fully saturated rings. The second kappa shape index (κ2) is 10.3. The van der Waals surface area contributed by atoms with Gasteiger partial charge in [0.15, 0.2) is 5.75 Å². The first-order valence-electron chi connectivity index (χ1n) is 9.47. The monoisotopic (exact) mass is 392 g/mol. The first-order chi connectivity index (χ1) is 12.9. The summed E-state index contributed by atoms with van der Waals surface area (Å²) in [4.78, 5) is -0.377. The number of phenolic OH excluding ortho intramolecular Hbond substituents is 1. The van der Waals surface area contributed by atoms with Crippen LogP contribution in [0.1, 0.15) is 57.4 Å². The van der Waals surface area contributed by atoms with E-state index < -0.39 is 10.1 Å². The maximum absolute atomic E-state index is 11.5. The predicted octanol–water partition coefficient (Wildman–Crippen LogP) is 5.72. The molecule has 0 atom stereocenters. The van der Waals surface area contributed by atoms with Gasteiger partial charge in [0.25, 0.3) is 10.1 Å². The van der Waals surface area contributed by atoms with E-state index in [1.807, 2.05) is 18.2 Å². The second-order valence-corrected chi connectivity index (χ2v) is 8.12. The minimum atomic E-state index is -4.44. The molecule has 0 aliphatic carbocycles. The first kappa shape index (κ1) is 21.3. The normalized spacial score (nSPS) is 11.5. The summed E-state index contributed by atoms with van der Waals surface area (Å²) >= 11 is 0. The Morgan fingerprint density at radius 1 is 0.926 bits per heavy atom. The molecule has 6 heteroatoms. The molecule has 0 radical (unpaired) electrons. The summed E-state index contributed by atoms with van der Waals surface area (Å²) in [5, 5.41) is 9.60. The van der Waals surface area contributed by atoms with Crippen LogP contribution < -0.4 is 4.74 Å². The van der Waals surface area contributed by atoms with Crippen molar-refractivity contribution in [1.82, 2.24) is 0 Å². The molecule has 27 heavy (non-hydrogen) atoms. The summed E-state index contributed by atoms with van der Waals surface area (Å²) in [6.07, 6.45) is 9.61. The molecular formula is C21H28O5S. The Hall–Kier alpha value is -2.05. The van der Waals surface area contributed by atoms with Crippen LogP contribution in [0.15, 0.2) is 47.4 Å². The molecule has 0 bridgehead atoms. The van der Waals surface area contributed by atoms with Crippen LogP contribution in [-0.2, 0) is 16.5 Å². The van der Waals surface area contributed by atoms with Crippen LogP contribution in [0.25, 0.3) is 0 Å². The SMILES string of the molecule is CCCCCCCCCc1cccc(Oc2cc(O)ccc2S(=O)(=O)O)c1. The number of rotatable bonds is 11. The molecule has 0 spiro atoms. The van der Waals surface area contributed by atoms with E-state index in [-0.39, 0.29) is 16.4 Å². The molecule has 0 unspecified atom stereocenters. The summed E-state index contributed by atoms with van der Waals surface area (Å²) in [5.41, 5.74) is 1.11.